The van der Waals surface area contributed by atoms with Gasteiger partial charge in [0.05, 0.1) is 5.56 Å². The van der Waals surface area contributed by atoms with Crippen LogP contribution in [0.15, 0.2) is 40.9 Å². The lowest BCUT2D eigenvalue weighted by molar-refractivity contribution is 0.304. The van der Waals surface area contributed by atoms with Gasteiger partial charge in [-0.2, -0.15) is 5.26 Å². The van der Waals surface area contributed by atoms with Gasteiger partial charge in [0, 0.05) is 21.1 Å². The molecule has 0 atom stereocenters. The number of benzene rings is 2. The van der Waals surface area contributed by atoms with Gasteiger partial charge in [-0.1, -0.05) is 33.6 Å². The van der Waals surface area contributed by atoms with E-state index >= 15 is 0 Å². The van der Waals surface area contributed by atoms with E-state index in [1.807, 2.05) is 6.07 Å². The highest BCUT2D eigenvalue weighted by Gasteiger charge is 2.07. The molecule has 0 spiro atoms. The third kappa shape index (κ3) is 3.46. The van der Waals surface area contributed by atoms with Crippen LogP contribution in [-0.4, -0.2) is 0 Å². The second-order valence-corrected chi connectivity index (χ2v) is 5.07. The molecule has 0 aliphatic rings. The van der Waals surface area contributed by atoms with E-state index in [0.29, 0.717) is 20.8 Å². The van der Waals surface area contributed by atoms with E-state index in [1.165, 1.54) is 12.1 Å². The van der Waals surface area contributed by atoms with Gasteiger partial charge in [0.25, 0.3) is 0 Å². The Balaban J connectivity index is 2.19. The first-order chi connectivity index (χ1) is 9.10. The predicted molar refractivity (Wildman–Crippen MR) is 74.6 cm³/mol. The Hall–Kier alpha value is -1.57. The lowest BCUT2D eigenvalue weighted by Gasteiger charge is -2.09. The second-order valence-electron chi connectivity index (χ2n) is 3.78. The number of hydrogen-bond donors (Lipinski definition) is 0. The van der Waals surface area contributed by atoms with Gasteiger partial charge >= 0.3 is 0 Å². The van der Waals surface area contributed by atoms with E-state index < -0.39 is 0 Å². The minimum absolute atomic E-state index is 0.218. The number of ether oxygens (including phenoxy) is 1. The zero-order valence-corrected chi connectivity index (χ0v) is 12.0. The quantitative estimate of drug-likeness (QED) is 0.812. The van der Waals surface area contributed by atoms with Crippen molar-refractivity contribution >= 4 is 27.5 Å². The Bertz CT molecular complexity index is 654. The monoisotopic (exact) mass is 339 g/mol. The Labute approximate surface area is 123 Å². The van der Waals surface area contributed by atoms with Crippen molar-refractivity contribution in [2.24, 2.45) is 0 Å². The van der Waals surface area contributed by atoms with Gasteiger partial charge in [0.15, 0.2) is 0 Å². The second kappa shape index (κ2) is 6.05. The van der Waals surface area contributed by atoms with Crippen LogP contribution in [0, 0.1) is 17.1 Å². The molecular formula is C14H8BrClFNO. The van der Waals surface area contributed by atoms with Crippen molar-refractivity contribution in [2.45, 2.75) is 6.61 Å². The van der Waals surface area contributed by atoms with Crippen LogP contribution in [0.5, 0.6) is 5.75 Å². The minimum atomic E-state index is -0.323. The van der Waals surface area contributed by atoms with Crippen LogP contribution in [0.2, 0.25) is 5.02 Å². The number of hydrogen-bond acceptors (Lipinski definition) is 2. The van der Waals surface area contributed by atoms with Crippen molar-refractivity contribution in [2.75, 3.05) is 0 Å². The van der Waals surface area contributed by atoms with Crippen molar-refractivity contribution in [3.8, 4) is 11.8 Å². The molecular weight excluding hydrogens is 333 g/mol. The molecule has 0 fully saturated rings. The highest BCUT2D eigenvalue weighted by atomic mass is 79.9. The van der Waals surface area contributed by atoms with E-state index in [1.54, 1.807) is 24.3 Å². The minimum Gasteiger partial charge on any atom is -0.487 e. The lowest BCUT2D eigenvalue weighted by Crippen LogP contribution is -1.98. The Kier molecular flexibility index (Phi) is 4.41. The van der Waals surface area contributed by atoms with Gasteiger partial charge in [-0.25, -0.2) is 4.39 Å². The van der Waals surface area contributed by atoms with E-state index in [-0.39, 0.29) is 12.4 Å². The molecule has 19 heavy (non-hydrogen) atoms. The van der Waals surface area contributed by atoms with E-state index in [4.69, 9.17) is 21.6 Å². The molecule has 0 aromatic heterocycles. The summed E-state index contributed by atoms with van der Waals surface area (Å²) in [6.45, 7) is 0.218. The average molecular weight is 341 g/mol. The van der Waals surface area contributed by atoms with Gasteiger partial charge in [0.2, 0.25) is 0 Å². The van der Waals surface area contributed by atoms with Crippen LogP contribution in [0.1, 0.15) is 11.1 Å². The molecule has 0 radical (unpaired) electrons. The van der Waals surface area contributed by atoms with Crippen molar-refractivity contribution in [3.63, 3.8) is 0 Å². The fraction of sp³-hybridized carbons (Fsp3) is 0.0714. The standard InChI is InChI=1S/C14H8BrClFNO/c15-13-6-12(17)4-2-10(13)8-19-14-5-11(16)3-1-9(14)7-18/h1-6H,8H2. The third-order valence-electron chi connectivity index (χ3n) is 2.46. The third-order valence-corrected chi connectivity index (χ3v) is 3.44. The van der Waals surface area contributed by atoms with Gasteiger partial charge in [-0.3, -0.25) is 0 Å². The fourth-order valence-electron chi connectivity index (χ4n) is 1.50. The molecule has 0 heterocycles. The van der Waals surface area contributed by atoms with E-state index in [2.05, 4.69) is 15.9 Å². The van der Waals surface area contributed by atoms with Crippen molar-refractivity contribution < 1.29 is 9.13 Å². The number of nitriles is 1. The van der Waals surface area contributed by atoms with Gasteiger partial charge in [-0.15, -0.1) is 0 Å². The summed E-state index contributed by atoms with van der Waals surface area (Å²) in [5, 5.41) is 9.46. The Morgan fingerprint density at radius 1 is 1.26 bits per heavy atom. The number of halogens is 3. The highest BCUT2D eigenvalue weighted by molar-refractivity contribution is 9.10. The molecule has 2 aromatic carbocycles. The maximum atomic E-state index is 13.0. The van der Waals surface area contributed by atoms with Gasteiger partial charge in [-0.05, 0) is 24.3 Å². The summed E-state index contributed by atoms with van der Waals surface area (Å²) >= 11 is 9.12. The van der Waals surface area contributed by atoms with Crippen LogP contribution in [0.25, 0.3) is 0 Å². The molecule has 0 saturated heterocycles. The molecule has 0 bridgehead atoms. The molecule has 0 N–H and O–H groups in total. The Morgan fingerprint density at radius 2 is 2.05 bits per heavy atom. The van der Waals surface area contributed by atoms with Crippen molar-refractivity contribution in [3.05, 3.63) is 62.8 Å². The topological polar surface area (TPSA) is 33.0 Å². The summed E-state index contributed by atoms with van der Waals surface area (Å²) in [7, 11) is 0. The highest BCUT2D eigenvalue weighted by Crippen LogP contribution is 2.25. The normalized spacial score (nSPS) is 10.0. The summed E-state index contributed by atoms with van der Waals surface area (Å²) in [5.41, 5.74) is 1.19. The molecule has 96 valence electrons. The van der Waals surface area contributed by atoms with Crippen LogP contribution in [0.4, 0.5) is 4.39 Å². The maximum absolute atomic E-state index is 13.0. The summed E-state index contributed by atoms with van der Waals surface area (Å²) < 4.78 is 19.1. The number of rotatable bonds is 3. The van der Waals surface area contributed by atoms with Crippen LogP contribution in [-0.2, 0) is 6.61 Å². The summed E-state index contributed by atoms with van der Waals surface area (Å²) in [5.74, 6) is 0.0855. The first kappa shape index (κ1) is 13.9. The molecule has 2 aromatic rings. The lowest BCUT2D eigenvalue weighted by atomic mass is 10.2. The molecule has 2 nitrogen and oxygen atoms in total. The van der Waals surface area contributed by atoms with Crippen LogP contribution >= 0.6 is 27.5 Å². The first-order valence-corrected chi connectivity index (χ1v) is 6.53. The largest absolute Gasteiger partial charge is 0.487 e. The zero-order valence-electron chi connectivity index (χ0n) is 9.66. The Morgan fingerprint density at radius 3 is 2.74 bits per heavy atom. The molecule has 0 unspecified atom stereocenters. The van der Waals surface area contributed by atoms with E-state index in [0.717, 1.165) is 5.56 Å². The molecule has 2 rings (SSSR count). The number of nitrogens with zero attached hydrogens (tertiary/aromatic N) is 1. The summed E-state index contributed by atoms with van der Waals surface area (Å²) in [6.07, 6.45) is 0. The smallest absolute Gasteiger partial charge is 0.139 e. The van der Waals surface area contributed by atoms with E-state index in [9.17, 15) is 4.39 Å². The summed E-state index contributed by atoms with van der Waals surface area (Å²) in [4.78, 5) is 0. The van der Waals surface area contributed by atoms with Gasteiger partial charge in [0.1, 0.15) is 24.2 Å². The zero-order chi connectivity index (χ0) is 13.8. The predicted octanol–water partition coefficient (Wildman–Crippen LogP) is 4.69. The SMILES string of the molecule is N#Cc1ccc(Cl)cc1OCc1ccc(F)cc1Br. The molecule has 0 saturated carbocycles. The fourth-order valence-corrected chi connectivity index (χ4v) is 2.13. The first-order valence-electron chi connectivity index (χ1n) is 5.36. The maximum Gasteiger partial charge on any atom is 0.139 e. The van der Waals surface area contributed by atoms with Crippen molar-refractivity contribution in [1.29, 1.82) is 5.26 Å². The molecule has 0 amide bonds. The molecule has 0 aliphatic carbocycles. The summed E-state index contributed by atoms with van der Waals surface area (Å²) in [6, 6.07) is 11.2. The van der Waals surface area contributed by atoms with Gasteiger partial charge < -0.3 is 4.74 Å². The van der Waals surface area contributed by atoms with Crippen LogP contribution < -0.4 is 4.74 Å². The average Bonchev–Trinajstić information content (AvgIpc) is 2.38. The molecule has 5 heteroatoms. The molecule has 0 aliphatic heterocycles. The van der Waals surface area contributed by atoms with Crippen LogP contribution in [0.3, 0.4) is 0 Å². The van der Waals surface area contributed by atoms with Crippen molar-refractivity contribution in [1.82, 2.24) is 0 Å².